The molecule has 0 bridgehead atoms. The Bertz CT molecular complexity index is 806. The maximum atomic E-state index is 12.8. The van der Waals surface area contributed by atoms with Gasteiger partial charge in [-0.2, -0.15) is 0 Å². The second kappa shape index (κ2) is 5.82. The minimum atomic E-state index is -0.641. The van der Waals surface area contributed by atoms with E-state index in [1.54, 1.807) is 31.2 Å². The van der Waals surface area contributed by atoms with Gasteiger partial charge >= 0.3 is 0 Å². The predicted molar refractivity (Wildman–Crippen MR) is 90.5 cm³/mol. The van der Waals surface area contributed by atoms with Gasteiger partial charge in [-0.1, -0.05) is 52.3 Å². The second-order valence-electron chi connectivity index (χ2n) is 5.16. The summed E-state index contributed by atoms with van der Waals surface area (Å²) in [5.74, 6) is -0.302. The summed E-state index contributed by atoms with van der Waals surface area (Å²) in [6.07, 6.45) is 0. The molecule has 0 radical (unpaired) electrons. The summed E-state index contributed by atoms with van der Waals surface area (Å²) in [5.41, 5.74) is 2.46. The van der Waals surface area contributed by atoms with Crippen molar-refractivity contribution in [1.29, 1.82) is 0 Å². The molecule has 2 aromatic carbocycles. The number of carbonyl (C=O) groups excluding carboxylic acids is 2. The molecule has 4 heteroatoms. The Balaban J connectivity index is 2.10. The highest BCUT2D eigenvalue weighted by Gasteiger charge is 2.33. The number of Topliss-reactive ketones (excluding diaryl/α,β-unsaturated/α-hetero) is 2. The summed E-state index contributed by atoms with van der Waals surface area (Å²) >= 11 is 9.88. The van der Waals surface area contributed by atoms with Gasteiger partial charge in [0.25, 0.3) is 0 Å². The number of alkyl halides is 1. The van der Waals surface area contributed by atoms with Crippen LogP contribution in [0.4, 0.5) is 0 Å². The van der Waals surface area contributed by atoms with Gasteiger partial charge in [-0.3, -0.25) is 9.59 Å². The first-order valence-corrected chi connectivity index (χ1v) is 8.02. The molecule has 1 atom stereocenters. The van der Waals surface area contributed by atoms with Crippen LogP contribution in [0.5, 0.6) is 0 Å². The van der Waals surface area contributed by atoms with Gasteiger partial charge in [0.15, 0.2) is 11.6 Å². The quantitative estimate of drug-likeness (QED) is 0.682. The monoisotopic (exact) mass is 374 g/mol. The summed E-state index contributed by atoms with van der Waals surface area (Å²) in [6, 6.07) is 14.3. The topological polar surface area (TPSA) is 34.1 Å². The molecule has 1 unspecified atom stereocenters. The van der Waals surface area contributed by atoms with Gasteiger partial charge in [0.05, 0.1) is 5.38 Å². The van der Waals surface area contributed by atoms with E-state index in [0.717, 1.165) is 10.0 Å². The molecule has 2 nitrogen and oxygen atoms in total. The largest absolute Gasteiger partial charge is 0.289 e. The molecule has 110 valence electrons. The Morgan fingerprint density at radius 3 is 2.05 bits per heavy atom. The average molecular weight is 376 g/mol. The highest BCUT2D eigenvalue weighted by atomic mass is 79.9. The SMILES string of the molecule is CC1=C(C(Cl)c2ccc(Br)cc2)C(=O)c2ccccc2C1=O. The first-order valence-electron chi connectivity index (χ1n) is 6.79. The lowest BCUT2D eigenvalue weighted by atomic mass is 9.82. The number of benzene rings is 2. The second-order valence-corrected chi connectivity index (χ2v) is 6.51. The third-order valence-electron chi connectivity index (χ3n) is 3.82. The zero-order chi connectivity index (χ0) is 15.9. The van der Waals surface area contributed by atoms with Crippen molar-refractivity contribution >= 4 is 39.1 Å². The van der Waals surface area contributed by atoms with Gasteiger partial charge in [-0.25, -0.2) is 0 Å². The molecule has 0 amide bonds. The Labute approximate surface area is 141 Å². The number of allylic oxidation sites excluding steroid dienone is 2. The van der Waals surface area contributed by atoms with E-state index in [9.17, 15) is 9.59 Å². The maximum Gasteiger partial charge on any atom is 0.192 e. The molecule has 0 saturated carbocycles. The molecule has 0 fully saturated rings. The third-order valence-corrected chi connectivity index (χ3v) is 4.82. The van der Waals surface area contributed by atoms with E-state index in [1.165, 1.54) is 0 Å². The van der Waals surface area contributed by atoms with Gasteiger partial charge in [0, 0.05) is 26.7 Å². The lowest BCUT2D eigenvalue weighted by Crippen LogP contribution is -2.23. The Hall–Kier alpha value is -1.71. The van der Waals surface area contributed by atoms with Crippen molar-refractivity contribution in [2.45, 2.75) is 12.3 Å². The molecule has 0 N–H and O–H groups in total. The number of ketones is 2. The molecular formula is C18H12BrClO2. The highest BCUT2D eigenvalue weighted by molar-refractivity contribution is 9.10. The van der Waals surface area contributed by atoms with Crippen LogP contribution in [0.3, 0.4) is 0 Å². The van der Waals surface area contributed by atoms with Crippen LogP contribution in [0.2, 0.25) is 0 Å². The first kappa shape index (κ1) is 15.2. The molecule has 0 aromatic heterocycles. The fraction of sp³-hybridized carbons (Fsp3) is 0.111. The smallest absolute Gasteiger partial charge is 0.192 e. The summed E-state index contributed by atoms with van der Waals surface area (Å²) in [7, 11) is 0. The fourth-order valence-electron chi connectivity index (χ4n) is 2.62. The number of halogens is 2. The Morgan fingerprint density at radius 2 is 1.45 bits per heavy atom. The number of fused-ring (bicyclic) bond motifs is 1. The van der Waals surface area contributed by atoms with Crippen LogP contribution in [0, 0.1) is 0 Å². The highest BCUT2D eigenvalue weighted by Crippen LogP contribution is 2.37. The average Bonchev–Trinajstić information content (AvgIpc) is 2.53. The minimum Gasteiger partial charge on any atom is -0.289 e. The van der Waals surface area contributed by atoms with Gasteiger partial charge in [-0.05, 0) is 24.6 Å². The molecule has 2 aromatic rings. The minimum absolute atomic E-state index is 0.132. The van der Waals surface area contributed by atoms with Crippen LogP contribution in [0.25, 0.3) is 0 Å². The van der Waals surface area contributed by atoms with Crippen LogP contribution >= 0.6 is 27.5 Å². The lowest BCUT2D eigenvalue weighted by Gasteiger charge is -2.22. The zero-order valence-electron chi connectivity index (χ0n) is 11.8. The van der Waals surface area contributed by atoms with E-state index >= 15 is 0 Å². The van der Waals surface area contributed by atoms with Crippen LogP contribution < -0.4 is 0 Å². The summed E-state index contributed by atoms with van der Waals surface area (Å²) < 4.78 is 0.933. The van der Waals surface area contributed by atoms with Gasteiger partial charge in [0.1, 0.15) is 0 Å². The van der Waals surface area contributed by atoms with Crippen molar-refractivity contribution in [3.63, 3.8) is 0 Å². The van der Waals surface area contributed by atoms with E-state index in [0.29, 0.717) is 22.3 Å². The third kappa shape index (κ3) is 2.44. The molecule has 0 saturated heterocycles. The van der Waals surface area contributed by atoms with Gasteiger partial charge in [0.2, 0.25) is 0 Å². The van der Waals surface area contributed by atoms with Gasteiger partial charge in [-0.15, -0.1) is 11.6 Å². The molecular weight excluding hydrogens is 364 g/mol. The van der Waals surface area contributed by atoms with Crippen molar-refractivity contribution in [3.8, 4) is 0 Å². The van der Waals surface area contributed by atoms with Gasteiger partial charge < -0.3 is 0 Å². The van der Waals surface area contributed by atoms with E-state index in [4.69, 9.17) is 11.6 Å². The maximum absolute atomic E-state index is 12.8. The molecule has 0 heterocycles. The van der Waals surface area contributed by atoms with Crippen molar-refractivity contribution in [3.05, 3.63) is 80.8 Å². The van der Waals surface area contributed by atoms with E-state index in [-0.39, 0.29) is 11.6 Å². The fourth-order valence-corrected chi connectivity index (χ4v) is 3.29. The Morgan fingerprint density at radius 1 is 0.909 bits per heavy atom. The number of hydrogen-bond donors (Lipinski definition) is 0. The number of rotatable bonds is 2. The van der Waals surface area contributed by atoms with Crippen LogP contribution in [0.15, 0.2) is 64.1 Å². The van der Waals surface area contributed by atoms with Crippen LogP contribution in [0.1, 0.15) is 38.6 Å². The number of hydrogen-bond acceptors (Lipinski definition) is 2. The Kier molecular flexibility index (Phi) is 4.02. The molecule has 0 aliphatic heterocycles. The first-order chi connectivity index (χ1) is 10.5. The zero-order valence-corrected chi connectivity index (χ0v) is 14.1. The van der Waals surface area contributed by atoms with E-state index < -0.39 is 5.38 Å². The predicted octanol–water partition coefficient (Wildman–Crippen LogP) is 5.12. The van der Waals surface area contributed by atoms with Crippen molar-refractivity contribution in [2.24, 2.45) is 0 Å². The van der Waals surface area contributed by atoms with E-state index in [2.05, 4.69) is 15.9 Å². The molecule has 1 aliphatic rings. The molecule has 22 heavy (non-hydrogen) atoms. The summed E-state index contributed by atoms with van der Waals surface area (Å²) in [6.45, 7) is 1.67. The van der Waals surface area contributed by atoms with Crippen molar-refractivity contribution < 1.29 is 9.59 Å². The summed E-state index contributed by atoms with van der Waals surface area (Å²) in [4.78, 5) is 25.2. The summed E-state index contributed by atoms with van der Waals surface area (Å²) in [5, 5.41) is -0.641. The van der Waals surface area contributed by atoms with E-state index in [1.807, 2.05) is 24.3 Å². The standard InChI is InChI=1S/C18H12BrClO2/c1-10-15(16(20)11-6-8-12(19)9-7-11)18(22)14-5-3-2-4-13(14)17(10)21/h2-9,16H,1H3. The number of carbonyl (C=O) groups is 2. The van der Waals surface area contributed by atoms with Crippen molar-refractivity contribution in [2.75, 3.05) is 0 Å². The van der Waals surface area contributed by atoms with Crippen LogP contribution in [-0.4, -0.2) is 11.6 Å². The van der Waals surface area contributed by atoms with Crippen molar-refractivity contribution in [1.82, 2.24) is 0 Å². The lowest BCUT2D eigenvalue weighted by molar-refractivity contribution is 0.0972. The molecule has 0 spiro atoms. The molecule has 3 rings (SSSR count). The molecule has 1 aliphatic carbocycles. The van der Waals surface area contributed by atoms with Crippen LogP contribution in [-0.2, 0) is 0 Å². The normalized spacial score (nSPS) is 15.8.